The number of hydrogen-bond acceptors (Lipinski definition) is 5. The van der Waals surface area contributed by atoms with E-state index in [0.717, 1.165) is 10.0 Å². The van der Waals surface area contributed by atoms with Crippen molar-refractivity contribution in [3.05, 3.63) is 52.0 Å². The molecule has 0 saturated heterocycles. The maximum absolute atomic E-state index is 12.2. The van der Waals surface area contributed by atoms with Crippen LogP contribution in [0.25, 0.3) is 0 Å². The van der Waals surface area contributed by atoms with Crippen molar-refractivity contribution in [2.75, 3.05) is 21.3 Å². The molecule has 0 bridgehead atoms. The second-order valence-electron chi connectivity index (χ2n) is 4.62. The molecule has 0 amide bonds. The third-order valence-electron chi connectivity index (χ3n) is 3.18. The number of methoxy groups -OCH3 is 3. The van der Waals surface area contributed by atoms with Gasteiger partial charge in [0.2, 0.25) is 5.75 Å². The Balaban J connectivity index is 2.16. The molecule has 0 aromatic heterocycles. The van der Waals surface area contributed by atoms with Crippen LogP contribution < -0.4 is 14.2 Å². The molecule has 2 rings (SSSR count). The summed E-state index contributed by atoms with van der Waals surface area (Å²) >= 11 is 3.36. The van der Waals surface area contributed by atoms with Gasteiger partial charge in [0.05, 0.1) is 26.9 Å². The van der Waals surface area contributed by atoms with Crippen molar-refractivity contribution in [3.63, 3.8) is 0 Å². The number of halogens is 1. The summed E-state index contributed by atoms with van der Waals surface area (Å²) in [6, 6.07) is 10.7. The minimum atomic E-state index is -0.466. The molecule has 6 heteroatoms. The molecule has 0 aliphatic rings. The monoisotopic (exact) mass is 380 g/mol. The smallest absolute Gasteiger partial charge is 0.338 e. The Hall–Kier alpha value is -2.21. The van der Waals surface area contributed by atoms with Crippen LogP contribution in [-0.4, -0.2) is 27.3 Å². The molecule has 2 aromatic rings. The summed E-state index contributed by atoms with van der Waals surface area (Å²) < 4.78 is 22.0. The average molecular weight is 381 g/mol. The summed E-state index contributed by atoms with van der Waals surface area (Å²) in [6.07, 6.45) is 0. The van der Waals surface area contributed by atoms with Gasteiger partial charge in [-0.05, 0) is 29.8 Å². The maximum Gasteiger partial charge on any atom is 0.338 e. The predicted octanol–water partition coefficient (Wildman–Crippen LogP) is 3.83. The van der Waals surface area contributed by atoms with Crippen LogP contribution in [0.15, 0.2) is 40.9 Å². The Kier molecular flexibility index (Phi) is 5.87. The topological polar surface area (TPSA) is 54.0 Å². The van der Waals surface area contributed by atoms with Crippen molar-refractivity contribution in [1.82, 2.24) is 0 Å². The van der Waals surface area contributed by atoms with E-state index in [-0.39, 0.29) is 6.61 Å². The highest BCUT2D eigenvalue weighted by Crippen LogP contribution is 2.38. The first-order chi connectivity index (χ1) is 11.1. The van der Waals surface area contributed by atoms with E-state index in [2.05, 4.69) is 15.9 Å². The van der Waals surface area contributed by atoms with Crippen molar-refractivity contribution in [2.45, 2.75) is 6.61 Å². The molecular weight excluding hydrogens is 364 g/mol. The molecule has 0 aliphatic heterocycles. The number of rotatable bonds is 6. The van der Waals surface area contributed by atoms with Gasteiger partial charge in [0.1, 0.15) is 6.61 Å². The number of hydrogen-bond donors (Lipinski definition) is 0. The SMILES string of the molecule is COc1cc(C(=O)OCc2ccc(Br)cc2)cc(OC)c1OC. The lowest BCUT2D eigenvalue weighted by molar-refractivity contribution is 0.0472. The molecule has 23 heavy (non-hydrogen) atoms. The Morgan fingerprint density at radius 2 is 1.52 bits per heavy atom. The lowest BCUT2D eigenvalue weighted by Crippen LogP contribution is -2.07. The quantitative estimate of drug-likeness (QED) is 0.712. The third-order valence-corrected chi connectivity index (χ3v) is 3.71. The van der Waals surface area contributed by atoms with E-state index < -0.39 is 5.97 Å². The molecule has 0 aliphatic carbocycles. The maximum atomic E-state index is 12.2. The number of ether oxygens (including phenoxy) is 4. The third kappa shape index (κ3) is 4.16. The highest BCUT2D eigenvalue weighted by Gasteiger charge is 2.17. The highest BCUT2D eigenvalue weighted by molar-refractivity contribution is 9.10. The number of esters is 1. The minimum Gasteiger partial charge on any atom is -0.493 e. The molecule has 0 heterocycles. The molecule has 0 saturated carbocycles. The number of carbonyl (C=O) groups is 1. The molecule has 0 fully saturated rings. The Labute approximate surface area is 143 Å². The van der Waals surface area contributed by atoms with Crippen molar-refractivity contribution >= 4 is 21.9 Å². The van der Waals surface area contributed by atoms with E-state index in [1.54, 1.807) is 12.1 Å². The lowest BCUT2D eigenvalue weighted by atomic mass is 10.2. The standard InChI is InChI=1S/C17H17BrO5/c1-20-14-8-12(9-15(21-2)16(14)22-3)17(19)23-10-11-4-6-13(18)7-5-11/h4-9H,10H2,1-3H3. The predicted molar refractivity (Wildman–Crippen MR) is 89.4 cm³/mol. The van der Waals surface area contributed by atoms with Crippen LogP contribution in [0.1, 0.15) is 15.9 Å². The normalized spacial score (nSPS) is 10.1. The van der Waals surface area contributed by atoms with Gasteiger partial charge in [-0.25, -0.2) is 4.79 Å². The molecule has 0 radical (unpaired) electrons. The first kappa shape index (κ1) is 17.1. The van der Waals surface area contributed by atoms with Crippen molar-refractivity contribution < 1.29 is 23.7 Å². The summed E-state index contributed by atoms with van der Waals surface area (Å²) in [5.74, 6) is 0.775. The van der Waals surface area contributed by atoms with Gasteiger partial charge < -0.3 is 18.9 Å². The van der Waals surface area contributed by atoms with Gasteiger partial charge in [-0.2, -0.15) is 0 Å². The first-order valence-electron chi connectivity index (χ1n) is 6.80. The van der Waals surface area contributed by atoms with E-state index in [1.807, 2.05) is 24.3 Å². The molecule has 122 valence electrons. The van der Waals surface area contributed by atoms with Crippen molar-refractivity contribution in [2.24, 2.45) is 0 Å². The van der Waals surface area contributed by atoms with Crippen LogP contribution >= 0.6 is 15.9 Å². The second kappa shape index (κ2) is 7.87. The molecule has 0 atom stereocenters. The summed E-state index contributed by atoms with van der Waals surface area (Å²) in [6.45, 7) is 0.183. The Morgan fingerprint density at radius 3 is 2.00 bits per heavy atom. The van der Waals surface area contributed by atoms with E-state index in [4.69, 9.17) is 18.9 Å². The van der Waals surface area contributed by atoms with Crippen LogP contribution in [0.3, 0.4) is 0 Å². The fraction of sp³-hybridized carbons (Fsp3) is 0.235. The van der Waals surface area contributed by atoms with Crippen molar-refractivity contribution in [1.29, 1.82) is 0 Å². The highest BCUT2D eigenvalue weighted by atomic mass is 79.9. The lowest BCUT2D eigenvalue weighted by Gasteiger charge is -2.13. The molecule has 0 spiro atoms. The van der Waals surface area contributed by atoms with Gasteiger partial charge in [-0.1, -0.05) is 28.1 Å². The van der Waals surface area contributed by atoms with Crippen molar-refractivity contribution in [3.8, 4) is 17.2 Å². The van der Waals surface area contributed by atoms with Crippen LogP contribution in [-0.2, 0) is 11.3 Å². The Morgan fingerprint density at radius 1 is 0.957 bits per heavy atom. The van der Waals surface area contributed by atoms with Gasteiger partial charge in [0, 0.05) is 4.47 Å². The van der Waals surface area contributed by atoms with Gasteiger partial charge in [0.25, 0.3) is 0 Å². The summed E-state index contributed by atoms with van der Waals surface area (Å²) in [5, 5.41) is 0. The van der Waals surface area contributed by atoms with Gasteiger partial charge in [-0.15, -0.1) is 0 Å². The molecule has 5 nitrogen and oxygen atoms in total. The van der Waals surface area contributed by atoms with E-state index >= 15 is 0 Å². The van der Waals surface area contributed by atoms with E-state index in [1.165, 1.54) is 21.3 Å². The van der Waals surface area contributed by atoms with Gasteiger partial charge in [-0.3, -0.25) is 0 Å². The second-order valence-corrected chi connectivity index (χ2v) is 5.53. The van der Waals surface area contributed by atoms with Gasteiger partial charge >= 0.3 is 5.97 Å². The van der Waals surface area contributed by atoms with Crippen LogP contribution in [0.2, 0.25) is 0 Å². The summed E-state index contributed by atoms with van der Waals surface area (Å²) in [4.78, 5) is 12.2. The molecule has 2 aromatic carbocycles. The number of benzene rings is 2. The first-order valence-corrected chi connectivity index (χ1v) is 7.60. The summed E-state index contributed by atoms with van der Waals surface area (Å²) in [5.41, 5.74) is 1.23. The zero-order valence-electron chi connectivity index (χ0n) is 13.1. The molecule has 0 unspecified atom stereocenters. The fourth-order valence-electron chi connectivity index (χ4n) is 2.01. The van der Waals surface area contributed by atoms with E-state index in [9.17, 15) is 4.79 Å². The molecule has 0 N–H and O–H groups in total. The zero-order valence-corrected chi connectivity index (χ0v) is 14.7. The fourth-order valence-corrected chi connectivity index (χ4v) is 2.28. The minimum absolute atomic E-state index is 0.183. The Bertz CT molecular complexity index is 657. The number of carbonyl (C=O) groups excluding carboxylic acids is 1. The van der Waals surface area contributed by atoms with Gasteiger partial charge in [0.15, 0.2) is 11.5 Å². The van der Waals surface area contributed by atoms with Crippen LogP contribution in [0, 0.1) is 0 Å². The van der Waals surface area contributed by atoms with Crippen LogP contribution in [0.4, 0.5) is 0 Å². The summed E-state index contributed by atoms with van der Waals surface area (Å²) in [7, 11) is 4.49. The van der Waals surface area contributed by atoms with E-state index in [0.29, 0.717) is 22.8 Å². The average Bonchev–Trinajstić information content (AvgIpc) is 2.59. The van der Waals surface area contributed by atoms with Crippen LogP contribution in [0.5, 0.6) is 17.2 Å². The molecular formula is C17H17BrO5. The largest absolute Gasteiger partial charge is 0.493 e. The zero-order chi connectivity index (χ0) is 16.8.